The van der Waals surface area contributed by atoms with E-state index in [2.05, 4.69) is 27.0 Å². The Balaban J connectivity index is 1.77. The van der Waals surface area contributed by atoms with Gasteiger partial charge >= 0.3 is 0 Å². The number of aromatic nitrogens is 2. The van der Waals surface area contributed by atoms with E-state index in [0.29, 0.717) is 6.04 Å². The van der Waals surface area contributed by atoms with Crippen LogP contribution in [0.5, 0.6) is 5.75 Å². The maximum absolute atomic E-state index is 5.18. The second kappa shape index (κ2) is 5.45. The Morgan fingerprint density at radius 3 is 2.89 bits per heavy atom. The molecule has 4 nitrogen and oxygen atoms in total. The minimum Gasteiger partial charge on any atom is -0.497 e. The fourth-order valence-corrected chi connectivity index (χ4v) is 2.62. The molecule has 1 saturated heterocycles. The van der Waals surface area contributed by atoms with Crippen LogP contribution in [0.4, 0.5) is 0 Å². The molecule has 1 unspecified atom stereocenters. The normalized spacial score (nSPS) is 18.7. The molecular weight excluding hydrogens is 238 g/mol. The van der Waals surface area contributed by atoms with Crippen molar-refractivity contribution < 1.29 is 4.74 Å². The lowest BCUT2D eigenvalue weighted by Crippen LogP contribution is -2.17. The summed E-state index contributed by atoms with van der Waals surface area (Å²) in [5, 5.41) is 3.52. The fourth-order valence-electron chi connectivity index (χ4n) is 2.62. The highest BCUT2D eigenvalue weighted by atomic mass is 16.5. The van der Waals surface area contributed by atoms with Crippen LogP contribution in [-0.4, -0.2) is 23.2 Å². The summed E-state index contributed by atoms with van der Waals surface area (Å²) in [6, 6.07) is 8.66. The van der Waals surface area contributed by atoms with Crippen LogP contribution in [-0.2, 0) is 6.54 Å². The number of benzene rings is 1. The van der Waals surface area contributed by atoms with Crippen LogP contribution >= 0.6 is 0 Å². The molecule has 1 aliphatic rings. The third-order valence-corrected chi connectivity index (χ3v) is 3.67. The lowest BCUT2D eigenvalue weighted by molar-refractivity contribution is 0.414. The average Bonchev–Trinajstić information content (AvgIpc) is 3.10. The van der Waals surface area contributed by atoms with Crippen LogP contribution in [0.15, 0.2) is 36.8 Å². The summed E-state index contributed by atoms with van der Waals surface area (Å²) in [5.41, 5.74) is 2.55. The first-order valence-corrected chi connectivity index (χ1v) is 6.73. The van der Waals surface area contributed by atoms with E-state index >= 15 is 0 Å². The van der Waals surface area contributed by atoms with Gasteiger partial charge in [-0.2, -0.15) is 0 Å². The van der Waals surface area contributed by atoms with Crippen molar-refractivity contribution in [2.45, 2.75) is 25.4 Å². The van der Waals surface area contributed by atoms with E-state index in [1.54, 1.807) is 7.11 Å². The lowest BCUT2D eigenvalue weighted by atomic mass is 10.1. The molecule has 2 aromatic rings. The average molecular weight is 257 g/mol. The minimum atomic E-state index is 0.459. The fraction of sp³-hybridized carbons (Fsp3) is 0.400. The van der Waals surface area contributed by atoms with Crippen molar-refractivity contribution in [1.29, 1.82) is 0 Å². The predicted octanol–water partition coefficient (Wildman–Crippen LogP) is 2.36. The molecule has 0 bridgehead atoms. The molecular formula is C15H19N3O. The van der Waals surface area contributed by atoms with Crippen molar-refractivity contribution in [3.63, 3.8) is 0 Å². The highest BCUT2D eigenvalue weighted by Crippen LogP contribution is 2.23. The number of ether oxygens (including phenoxy) is 1. The van der Waals surface area contributed by atoms with Gasteiger partial charge in [-0.1, -0.05) is 12.1 Å². The minimum absolute atomic E-state index is 0.459. The molecule has 0 saturated carbocycles. The second-order valence-electron chi connectivity index (χ2n) is 4.94. The third kappa shape index (κ3) is 2.63. The Bertz CT molecular complexity index is 527. The van der Waals surface area contributed by atoms with Gasteiger partial charge in [-0.25, -0.2) is 4.98 Å². The Labute approximate surface area is 113 Å². The van der Waals surface area contributed by atoms with Crippen molar-refractivity contribution in [3.8, 4) is 5.75 Å². The van der Waals surface area contributed by atoms with Gasteiger partial charge < -0.3 is 14.6 Å². The molecule has 0 amide bonds. The van der Waals surface area contributed by atoms with Crippen molar-refractivity contribution in [2.75, 3.05) is 13.7 Å². The van der Waals surface area contributed by atoms with Crippen LogP contribution in [0.3, 0.4) is 0 Å². The van der Waals surface area contributed by atoms with Gasteiger partial charge in [-0.05, 0) is 37.1 Å². The van der Waals surface area contributed by atoms with E-state index in [4.69, 9.17) is 4.74 Å². The molecule has 19 heavy (non-hydrogen) atoms. The summed E-state index contributed by atoms with van der Waals surface area (Å²) in [6.45, 7) is 1.97. The van der Waals surface area contributed by atoms with Crippen LogP contribution < -0.4 is 10.1 Å². The molecule has 1 atom stereocenters. The molecule has 0 aliphatic carbocycles. The molecule has 1 aliphatic heterocycles. The smallest absolute Gasteiger partial charge is 0.118 e. The predicted molar refractivity (Wildman–Crippen MR) is 74.3 cm³/mol. The topological polar surface area (TPSA) is 39.1 Å². The zero-order valence-corrected chi connectivity index (χ0v) is 11.2. The van der Waals surface area contributed by atoms with E-state index < -0.39 is 0 Å². The molecule has 1 fully saturated rings. The van der Waals surface area contributed by atoms with Crippen LogP contribution in [0.2, 0.25) is 0 Å². The Hall–Kier alpha value is -1.81. The van der Waals surface area contributed by atoms with E-state index in [-0.39, 0.29) is 0 Å². The monoisotopic (exact) mass is 257 g/mol. The Morgan fingerprint density at radius 1 is 1.37 bits per heavy atom. The first-order chi connectivity index (χ1) is 9.36. The van der Waals surface area contributed by atoms with E-state index in [9.17, 15) is 0 Å². The molecule has 1 aromatic heterocycles. The van der Waals surface area contributed by atoms with Gasteiger partial charge in [-0.15, -0.1) is 0 Å². The maximum atomic E-state index is 5.18. The van der Waals surface area contributed by atoms with Crippen LogP contribution in [0.1, 0.15) is 30.1 Å². The van der Waals surface area contributed by atoms with Gasteiger partial charge in [0, 0.05) is 18.8 Å². The first-order valence-electron chi connectivity index (χ1n) is 6.73. The molecule has 0 spiro atoms. The number of nitrogens with zero attached hydrogens (tertiary/aromatic N) is 2. The van der Waals surface area contributed by atoms with Crippen molar-refractivity contribution in [3.05, 3.63) is 48.0 Å². The van der Waals surface area contributed by atoms with Crippen molar-refractivity contribution in [2.24, 2.45) is 0 Å². The van der Waals surface area contributed by atoms with Crippen molar-refractivity contribution in [1.82, 2.24) is 14.9 Å². The summed E-state index contributed by atoms with van der Waals surface area (Å²) in [4.78, 5) is 4.29. The molecule has 3 rings (SSSR count). The molecule has 100 valence electrons. The van der Waals surface area contributed by atoms with Gasteiger partial charge in [0.2, 0.25) is 0 Å². The van der Waals surface area contributed by atoms with E-state index in [1.165, 1.54) is 24.1 Å². The van der Waals surface area contributed by atoms with E-state index in [1.807, 2.05) is 24.7 Å². The van der Waals surface area contributed by atoms with Gasteiger partial charge in [0.25, 0.3) is 0 Å². The van der Waals surface area contributed by atoms with Crippen molar-refractivity contribution >= 4 is 0 Å². The SMILES string of the molecule is COc1ccc(Cn2cncc2C2CCCN2)cc1. The molecule has 1 N–H and O–H groups in total. The molecule has 1 aromatic carbocycles. The molecule has 0 radical (unpaired) electrons. The van der Waals surface area contributed by atoms with Crippen LogP contribution in [0, 0.1) is 0 Å². The quantitative estimate of drug-likeness (QED) is 0.914. The van der Waals surface area contributed by atoms with Gasteiger partial charge in [-0.3, -0.25) is 0 Å². The summed E-state index contributed by atoms with van der Waals surface area (Å²) >= 11 is 0. The zero-order chi connectivity index (χ0) is 13.1. The summed E-state index contributed by atoms with van der Waals surface area (Å²) in [5.74, 6) is 0.895. The third-order valence-electron chi connectivity index (χ3n) is 3.67. The number of methoxy groups -OCH3 is 1. The summed E-state index contributed by atoms with van der Waals surface area (Å²) in [6.07, 6.45) is 6.35. The largest absolute Gasteiger partial charge is 0.497 e. The van der Waals surface area contributed by atoms with Gasteiger partial charge in [0.15, 0.2) is 0 Å². The number of imidazole rings is 1. The Morgan fingerprint density at radius 2 is 2.21 bits per heavy atom. The van der Waals surface area contributed by atoms with Crippen LogP contribution in [0.25, 0.3) is 0 Å². The van der Waals surface area contributed by atoms with E-state index in [0.717, 1.165) is 18.8 Å². The molecule has 4 heteroatoms. The maximum Gasteiger partial charge on any atom is 0.118 e. The number of rotatable bonds is 4. The summed E-state index contributed by atoms with van der Waals surface area (Å²) in [7, 11) is 1.69. The van der Waals surface area contributed by atoms with Gasteiger partial charge in [0.05, 0.1) is 19.1 Å². The molecule has 2 heterocycles. The number of hydrogen-bond acceptors (Lipinski definition) is 3. The highest BCUT2D eigenvalue weighted by molar-refractivity contribution is 5.27. The highest BCUT2D eigenvalue weighted by Gasteiger charge is 2.19. The zero-order valence-electron chi connectivity index (χ0n) is 11.2. The second-order valence-corrected chi connectivity index (χ2v) is 4.94. The number of hydrogen-bond donors (Lipinski definition) is 1. The van der Waals surface area contributed by atoms with Gasteiger partial charge in [0.1, 0.15) is 5.75 Å². The standard InChI is InChI=1S/C15H19N3O/c1-19-13-6-4-12(5-7-13)10-18-11-16-9-15(18)14-3-2-8-17-14/h4-7,9,11,14,17H,2-3,8,10H2,1H3. The first kappa shape index (κ1) is 12.2. The Kier molecular flexibility index (Phi) is 3.51. The number of nitrogens with one attached hydrogen (secondary N) is 1. The summed E-state index contributed by atoms with van der Waals surface area (Å²) < 4.78 is 7.41. The lowest BCUT2D eigenvalue weighted by Gasteiger charge is -2.14.